The number of hydrogen-bond acceptors (Lipinski definition) is 3. The Labute approximate surface area is 97.0 Å². The fourth-order valence-corrected chi connectivity index (χ4v) is 1.77. The van der Waals surface area contributed by atoms with Crippen molar-refractivity contribution in [2.24, 2.45) is 0 Å². The van der Waals surface area contributed by atoms with Crippen molar-refractivity contribution in [3.63, 3.8) is 0 Å². The predicted molar refractivity (Wildman–Crippen MR) is 63.3 cm³/mol. The van der Waals surface area contributed by atoms with Crippen molar-refractivity contribution in [2.75, 3.05) is 13.2 Å². The molecule has 2 rings (SSSR count). The molecule has 1 aliphatic heterocycles. The van der Waals surface area contributed by atoms with Crippen LogP contribution >= 0.6 is 0 Å². The molecule has 0 bridgehead atoms. The van der Waals surface area contributed by atoms with Crippen LogP contribution in [-0.2, 0) is 11.3 Å². The smallest absolute Gasteiger partial charge is 0.0774 e. The number of ether oxygens (including phenoxy) is 1. The van der Waals surface area contributed by atoms with Crippen LogP contribution in [0.2, 0.25) is 0 Å². The zero-order valence-corrected chi connectivity index (χ0v) is 10.4. The fourth-order valence-electron chi connectivity index (χ4n) is 1.77. The van der Waals surface area contributed by atoms with Crippen molar-refractivity contribution in [2.45, 2.75) is 45.3 Å². The van der Waals surface area contributed by atoms with Crippen molar-refractivity contribution in [3.05, 3.63) is 18.0 Å². The lowest BCUT2D eigenvalue weighted by Gasteiger charge is -2.19. The highest BCUT2D eigenvalue weighted by Gasteiger charge is 2.18. The van der Waals surface area contributed by atoms with Crippen LogP contribution in [0.4, 0.5) is 0 Å². The largest absolute Gasteiger partial charge is 0.379 e. The molecule has 0 radical (unpaired) electrons. The van der Waals surface area contributed by atoms with Gasteiger partial charge < -0.3 is 10.1 Å². The normalized spacial score (nSPS) is 21.6. The fraction of sp³-hybridized carbons (Fsp3) is 0.750. The maximum Gasteiger partial charge on any atom is 0.0774 e. The minimum Gasteiger partial charge on any atom is -0.379 e. The highest BCUT2D eigenvalue weighted by Crippen LogP contribution is 2.18. The summed E-state index contributed by atoms with van der Waals surface area (Å²) in [5, 5.41) is 7.85. The van der Waals surface area contributed by atoms with Crippen LogP contribution in [0.15, 0.2) is 12.4 Å². The molecule has 16 heavy (non-hydrogen) atoms. The molecule has 1 aromatic rings. The first-order chi connectivity index (χ1) is 7.54. The molecule has 4 heteroatoms. The topological polar surface area (TPSA) is 39.1 Å². The van der Waals surface area contributed by atoms with Gasteiger partial charge in [-0.15, -0.1) is 0 Å². The molecule has 1 aromatic heterocycles. The molecule has 1 unspecified atom stereocenters. The maximum absolute atomic E-state index is 5.36. The van der Waals surface area contributed by atoms with Crippen molar-refractivity contribution < 1.29 is 4.74 Å². The quantitative estimate of drug-likeness (QED) is 0.848. The lowest BCUT2D eigenvalue weighted by atomic mass is 10.1. The second-order valence-electron chi connectivity index (χ2n) is 5.45. The van der Waals surface area contributed by atoms with E-state index in [9.17, 15) is 0 Å². The Morgan fingerprint density at radius 1 is 1.56 bits per heavy atom. The summed E-state index contributed by atoms with van der Waals surface area (Å²) in [7, 11) is 0. The predicted octanol–water partition coefficient (Wildman–Crippen LogP) is 1.73. The van der Waals surface area contributed by atoms with Crippen LogP contribution in [0.3, 0.4) is 0 Å². The van der Waals surface area contributed by atoms with E-state index in [0.29, 0.717) is 6.04 Å². The van der Waals surface area contributed by atoms with Crippen LogP contribution in [0, 0.1) is 0 Å². The van der Waals surface area contributed by atoms with E-state index in [2.05, 4.69) is 37.4 Å². The van der Waals surface area contributed by atoms with Gasteiger partial charge in [-0.3, -0.25) is 4.68 Å². The highest BCUT2D eigenvalue weighted by molar-refractivity contribution is 5.05. The SMILES string of the molecule is CC(C)(C)NCc1cnn(C2CCOC2)c1. The summed E-state index contributed by atoms with van der Waals surface area (Å²) >= 11 is 0. The first-order valence-electron chi connectivity index (χ1n) is 5.90. The summed E-state index contributed by atoms with van der Waals surface area (Å²) in [5.41, 5.74) is 1.39. The molecule has 1 N–H and O–H groups in total. The number of rotatable bonds is 3. The van der Waals surface area contributed by atoms with E-state index in [0.717, 1.165) is 26.2 Å². The van der Waals surface area contributed by atoms with Gasteiger partial charge in [0.05, 0.1) is 18.8 Å². The summed E-state index contributed by atoms with van der Waals surface area (Å²) in [4.78, 5) is 0. The summed E-state index contributed by atoms with van der Waals surface area (Å²) in [6.07, 6.45) is 5.14. The van der Waals surface area contributed by atoms with E-state index in [4.69, 9.17) is 4.74 Å². The van der Waals surface area contributed by atoms with E-state index in [1.807, 2.05) is 10.9 Å². The number of hydrogen-bond donors (Lipinski definition) is 1. The Kier molecular flexibility index (Phi) is 3.30. The molecule has 1 atom stereocenters. The third-order valence-corrected chi connectivity index (χ3v) is 2.76. The average Bonchev–Trinajstić information content (AvgIpc) is 2.84. The van der Waals surface area contributed by atoms with Gasteiger partial charge in [-0.05, 0) is 27.2 Å². The Morgan fingerprint density at radius 2 is 2.38 bits per heavy atom. The van der Waals surface area contributed by atoms with Gasteiger partial charge in [-0.2, -0.15) is 5.10 Å². The third kappa shape index (κ3) is 3.06. The van der Waals surface area contributed by atoms with Gasteiger partial charge in [-0.25, -0.2) is 0 Å². The van der Waals surface area contributed by atoms with Gasteiger partial charge in [0.2, 0.25) is 0 Å². The average molecular weight is 223 g/mol. The van der Waals surface area contributed by atoms with E-state index in [-0.39, 0.29) is 5.54 Å². The number of nitrogens with zero attached hydrogens (tertiary/aromatic N) is 2. The Balaban J connectivity index is 1.91. The van der Waals surface area contributed by atoms with Crippen LogP contribution in [0.25, 0.3) is 0 Å². The Hall–Kier alpha value is -0.870. The van der Waals surface area contributed by atoms with Crippen LogP contribution in [-0.4, -0.2) is 28.5 Å². The van der Waals surface area contributed by atoms with Gasteiger partial charge in [0.15, 0.2) is 0 Å². The van der Waals surface area contributed by atoms with Gasteiger partial charge in [0.25, 0.3) is 0 Å². The zero-order chi connectivity index (χ0) is 11.6. The maximum atomic E-state index is 5.36. The van der Waals surface area contributed by atoms with Crippen molar-refractivity contribution in [3.8, 4) is 0 Å². The third-order valence-electron chi connectivity index (χ3n) is 2.76. The van der Waals surface area contributed by atoms with E-state index in [1.165, 1.54) is 5.56 Å². The Bertz CT molecular complexity index is 334. The van der Waals surface area contributed by atoms with Gasteiger partial charge in [0.1, 0.15) is 0 Å². The molecule has 0 amide bonds. The van der Waals surface area contributed by atoms with Gasteiger partial charge >= 0.3 is 0 Å². The highest BCUT2D eigenvalue weighted by atomic mass is 16.5. The molecule has 0 spiro atoms. The molecular formula is C12H21N3O. The van der Waals surface area contributed by atoms with E-state index >= 15 is 0 Å². The lowest BCUT2D eigenvalue weighted by molar-refractivity contribution is 0.184. The summed E-state index contributed by atoms with van der Waals surface area (Å²) in [6.45, 7) is 9.04. The van der Waals surface area contributed by atoms with E-state index in [1.54, 1.807) is 0 Å². The van der Waals surface area contributed by atoms with Gasteiger partial charge in [0, 0.05) is 30.5 Å². The second-order valence-corrected chi connectivity index (χ2v) is 5.45. The number of nitrogens with one attached hydrogen (secondary N) is 1. The number of aromatic nitrogens is 2. The Morgan fingerprint density at radius 3 is 3.00 bits per heavy atom. The van der Waals surface area contributed by atoms with E-state index < -0.39 is 0 Å². The first kappa shape index (κ1) is 11.6. The molecule has 0 aromatic carbocycles. The molecule has 1 saturated heterocycles. The minimum absolute atomic E-state index is 0.151. The molecular weight excluding hydrogens is 202 g/mol. The molecule has 0 saturated carbocycles. The lowest BCUT2D eigenvalue weighted by Crippen LogP contribution is -2.34. The zero-order valence-electron chi connectivity index (χ0n) is 10.4. The van der Waals surface area contributed by atoms with Crippen LogP contribution < -0.4 is 5.32 Å². The summed E-state index contributed by atoms with van der Waals surface area (Å²) in [6, 6.07) is 0.434. The molecule has 2 heterocycles. The molecule has 90 valence electrons. The van der Waals surface area contributed by atoms with Crippen molar-refractivity contribution in [1.29, 1.82) is 0 Å². The van der Waals surface area contributed by atoms with Crippen LogP contribution in [0.1, 0.15) is 38.8 Å². The van der Waals surface area contributed by atoms with Crippen molar-refractivity contribution in [1.82, 2.24) is 15.1 Å². The molecule has 4 nitrogen and oxygen atoms in total. The molecule has 1 aliphatic rings. The molecule has 1 fully saturated rings. The minimum atomic E-state index is 0.151. The second kappa shape index (κ2) is 4.55. The molecule has 0 aliphatic carbocycles. The van der Waals surface area contributed by atoms with Crippen LogP contribution in [0.5, 0.6) is 0 Å². The standard InChI is InChI=1S/C12H21N3O/c1-12(2,3)13-6-10-7-14-15(8-10)11-4-5-16-9-11/h7-8,11,13H,4-6,9H2,1-3H3. The monoisotopic (exact) mass is 223 g/mol. The van der Waals surface area contributed by atoms with Crippen molar-refractivity contribution >= 4 is 0 Å². The first-order valence-corrected chi connectivity index (χ1v) is 5.90. The summed E-state index contributed by atoms with van der Waals surface area (Å²) < 4.78 is 7.39. The van der Waals surface area contributed by atoms with Gasteiger partial charge in [-0.1, -0.05) is 0 Å². The summed E-state index contributed by atoms with van der Waals surface area (Å²) in [5.74, 6) is 0.